The zero-order chi connectivity index (χ0) is 22.7. The smallest absolute Gasteiger partial charge is 0.264 e. The summed E-state index contributed by atoms with van der Waals surface area (Å²) in [6, 6.07) is 16.8. The fraction of sp³-hybridized carbons (Fsp3) is 0.409. The number of nitrogens with one attached hydrogen (secondary N) is 1. The number of carbonyl (C=O) groups is 1. The summed E-state index contributed by atoms with van der Waals surface area (Å²) >= 11 is 0. The van der Waals surface area contributed by atoms with Crippen LogP contribution in [-0.2, 0) is 33.2 Å². The van der Waals surface area contributed by atoms with Crippen molar-refractivity contribution in [3.05, 3.63) is 71.8 Å². The van der Waals surface area contributed by atoms with Gasteiger partial charge in [0, 0.05) is 18.2 Å². The van der Waals surface area contributed by atoms with Gasteiger partial charge >= 0.3 is 0 Å². The Bertz CT molecular complexity index is 1020. The molecule has 2 fully saturated rings. The van der Waals surface area contributed by atoms with Gasteiger partial charge in [-0.3, -0.25) is 8.98 Å². The third-order valence-electron chi connectivity index (χ3n) is 5.26. The lowest BCUT2D eigenvalue weighted by molar-refractivity contribution is -0.337. The van der Waals surface area contributed by atoms with Gasteiger partial charge in [-0.15, -0.1) is 0 Å². The monoisotopic (exact) mass is 463 g/mol. The normalized spacial score (nSPS) is 30.3. The van der Waals surface area contributed by atoms with Gasteiger partial charge in [-0.05, 0) is 12.1 Å². The van der Waals surface area contributed by atoms with E-state index < -0.39 is 53.0 Å². The minimum absolute atomic E-state index is 0.132. The second kappa shape index (κ2) is 9.65. The summed E-state index contributed by atoms with van der Waals surface area (Å²) < 4.78 is 52.9. The number of ether oxygens (including phenoxy) is 4. The van der Waals surface area contributed by atoms with Crippen molar-refractivity contribution in [2.45, 2.75) is 36.9 Å². The highest BCUT2D eigenvalue weighted by Crippen LogP contribution is 2.36. The molecule has 172 valence electrons. The molecule has 2 heterocycles. The highest BCUT2D eigenvalue weighted by Gasteiger charge is 2.52. The van der Waals surface area contributed by atoms with E-state index in [1.54, 1.807) is 30.3 Å². The summed E-state index contributed by atoms with van der Waals surface area (Å²) in [6.45, 7) is 0.132. The van der Waals surface area contributed by atoms with Crippen molar-refractivity contribution in [1.82, 2.24) is 5.32 Å². The van der Waals surface area contributed by atoms with Crippen LogP contribution in [0.3, 0.4) is 0 Å². The zero-order valence-corrected chi connectivity index (χ0v) is 18.4. The third-order valence-corrected chi connectivity index (χ3v) is 5.83. The number of rotatable bonds is 6. The van der Waals surface area contributed by atoms with Gasteiger partial charge in [0.15, 0.2) is 12.6 Å². The molecule has 2 aliphatic rings. The molecule has 0 spiro atoms. The van der Waals surface area contributed by atoms with Crippen molar-refractivity contribution in [1.29, 1.82) is 0 Å². The second-order valence-electron chi connectivity index (χ2n) is 7.59. The number of methoxy groups -OCH3 is 1. The van der Waals surface area contributed by atoms with Gasteiger partial charge in [0.05, 0.1) is 12.9 Å². The van der Waals surface area contributed by atoms with Crippen LogP contribution in [0.25, 0.3) is 0 Å². The average Bonchev–Trinajstić information content (AvgIpc) is 2.80. The number of fused-ring (bicyclic) bond motifs is 1. The van der Waals surface area contributed by atoms with Crippen LogP contribution >= 0.6 is 0 Å². The molecule has 0 bridgehead atoms. The number of amides is 1. The van der Waals surface area contributed by atoms with E-state index in [-0.39, 0.29) is 6.61 Å². The van der Waals surface area contributed by atoms with Crippen molar-refractivity contribution in [2.24, 2.45) is 0 Å². The Morgan fingerprint density at radius 2 is 1.69 bits per heavy atom. The van der Waals surface area contributed by atoms with E-state index in [0.717, 1.165) is 11.8 Å². The van der Waals surface area contributed by atoms with E-state index in [0.29, 0.717) is 5.56 Å². The van der Waals surface area contributed by atoms with Gasteiger partial charge in [-0.2, -0.15) is 8.42 Å². The molecule has 1 amide bonds. The van der Waals surface area contributed by atoms with Crippen LogP contribution in [0.1, 0.15) is 22.2 Å². The molecule has 2 aromatic carbocycles. The summed E-state index contributed by atoms with van der Waals surface area (Å²) in [6.07, 6.45) is -3.36. The molecule has 9 nitrogen and oxygen atoms in total. The highest BCUT2D eigenvalue weighted by molar-refractivity contribution is 7.86. The van der Waals surface area contributed by atoms with Crippen LogP contribution in [0, 0.1) is 0 Å². The maximum atomic E-state index is 12.8. The van der Waals surface area contributed by atoms with Crippen molar-refractivity contribution in [3.8, 4) is 0 Å². The van der Waals surface area contributed by atoms with Gasteiger partial charge in [0.2, 0.25) is 0 Å². The van der Waals surface area contributed by atoms with Gasteiger partial charge in [-0.25, -0.2) is 0 Å². The van der Waals surface area contributed by atoms with Crippen LogP contribution in [0.5, 0.6) is 0 Å². The number of carbonyl (C=O) groups excluding carboxylic acids is 1. The Morgan fingerprint density at radius 3 is 2.31 bits per heavy atom. The van der Waals surface area contributed by atoms with E-state index in [1.807, 2.05) is 30.3 Å². The third kappa shape index (κ3) is 5.17. The van der Waals surface area contributed by atoms with Crippen molar-refractivity contribution >= 4 is 16.0 Å². The predicted molar refractivity (Wildman–Crippen MR) is 113 cm³/mol. The summed E-state index contributed by atoms with van der Waals surface area (Å²) in [5.41, 5.74) is 1.17. The van der Waals surface area contributed by atoms with Crippen LogP contribution in [0.15, 0.2) is 60.7 Å². The molecule has 10 heteroatoms. The van der Waals surface area contributed by atoms with Crippen molar-refractivity contribution < 1.29 is 36.3 Å². The standard InChI is InChI=1S/C22H25NO8S/c1-27-22-17(23-20(24)14-9-5-3-6-10-14)19(31-32(2,25)26)18-16(29-22)13-28-21(30-18)15-11-7-4-8-12-15/h3-12,16-19,21-22H,13H2,1-2H3,(H,23,24)/t16-,17-,18-,19+,21-,22-/m1/s1. The van der Waals surface area contributed by atoms with Crippen molar-refractivity contribution in [2.75, 3.05) is 20.0 Å². The Balaban J connectivity index is 1.63. The molecule has 2 saturated heterocycles. The summed E-state index contributed by atoms with van der Waals surface area (Å²) in [7, 11) is -2.50. The molecule has 0 aliphatic carbocycles. The lowest BCUT2D eigenvalue weighted by Gasteiger charge is -2.48. The molecule has 6 atom stereocenters. The molecule has 2 aliphatic heterocycles. The van der Waals surface area contributed by atoms with Crippen LogP contribution in [0.2, 0.25) is 0 Å². The number of benzene rings is 2. The molecule has 0 saturated carbocycles. The Kier molecular flexibility index (Phi) is 6.89. The predicted octanol–water partition coefficient (Wildman–Crippen LogP) is 1.62. The molecule has 32 heavy (non-hydrogen) atoms. The largest absolute Gasteiger partial charge is 0.354 e. The summed E-state index contributed by atoms with van der Waals surface area (Å²) in [5, 5.41) is 2.80. The molecule has 0 radical (unpaired) electrons. The van der Waals surface area contributed by atoms with Crippen LogP contribution in [-0.4, -0.2) is 64.9 Å². The Labute approximate surface area is 186 Å². The number of hydrogen-bond donors (Lipinski definition) is 1. The van der Waals surface area contributed by atoms with Crippen LogP contribution in [0.4, 0.5) is 0 Å². The average molecular weight is 464 g/mol. The Hall–Kier alpha value is -2.34. The first kappa shape index (κ1) is 22.8. The molecule has 0 aromatic heterocycles. The Morgan fingerprint density at radius 1 is 1.03 bits per heavy atom. The van der Waals surface area contributed by atoms with E-state index >= 15 is 0 Å². The first-order chi connectivity index (χ1) is 15.4. The lowest BCUT2D eigenvalue weighted by Crippen LogP contribution is -2.67. The van der Waals surface area contributed by atoms with E-state index in [4.69, 9.17) is 23.1 Å². The number of hydrogen-bond acceptors (Lipinski definition) is 8. The van der Waals surface area contributed by atoms with E-state index in [1.165, 1.54) is 7.11 Å². The van der Waals surface area contributed by atoms with E-state index in [2.05, 4.69) is 5.32 Å². The topological polar surface area (TPSA) is 109 Å². The van der Waals surface area contributed by atoms with Crippen LogP contribution < -0.4 is 5.32 Å². The maximum absolute atomic E-state index is 12.8. The fourth-order valence-corrected chi connectivity index (χ4v) is 4.48. The minimum atomic E-state index is -3.90. The first-order valence-electron chi connectivity index (χ1n) is 10.1. The SMILES string of the molecule is CO[C@@H]1O[C@@H]2CO[C@@H](c3ccccc3)O[C@H]2[C@@H](OS(C)(=O)=O)[C@H]1NC(=O)c1ccccc1. The highest BCUT2D eigenvalue weighted by atomic mass is 32.2. The summed E-state index contributed by atoms with van der Waals surface area (Å²) in [4.78, 5) is 12.8. The molecule has 1 N–H and O–H groups in total. The van der Waals surface area contributed by atoms with Crippen molar-refractivity contribution in [3.63, 3.8) is 0 Å². The van der Waals surface area contributed by atoms with Gasteiger partial charge < -0.3 is 24.3 Å². The lowest BCUT2D eigenvalue weighted by atomic mass is 9.95. The molecule has 2 aromatic rings. The summed E-state index contributed by atoms with van der Waals surface area (Å²) in [5.74, 6) is -0.423. The maximum Gasteiger partial charge on any atom is 0.264 e. The zero-order valence-electron chi connectivity index (χ0n) is 17.6. The fourth-order valence-electron chi connectivity index (χ4n) is 3.85. The van der Waals surface area contributed by atoms with Gasteiger partial charge in [0.1, 0.15) is 24.4 Å². The molecule has 4 rings (SSSR count). The second-order valence-corrected chi connectivity index (χ2v) is 9.19. The quantitative estimate of drug-likeness (QED) is 0.644. The van der Waals surface area contributed by atoms with Gasteiger partial charge in [0.25, 0.3) is 16.0 Å². The molecular formula is C22H25NO8S. The molecule has 0 unspecified atom stereocenters. The minimum Gasteiger partial charge on any atom is -0.354 e. The van der Waals surface area contributed by atoms with Gasteiger partial charge in [-0.1, -0.05) is 48.5 Å². The first-order valence-corrected chi connectivity index (χ1v) is 11.9. The molecular weight excluding hydrogens is 438 g/mol. The van der Waals surface area contributed by atoms with E-state index in [9.17, 15) is 13.2 Å².